The Labute approximate surface area is 115 Å². The molecule has 0 saturated heterocycles. The van der Waals surface area contributed by atoms with E-state index in [1.807, 2.05) is 4.57 Å². The summed E-state index contributed by atoms with van der Waals surface area (Å²) in [7, 11) is -3.39. The van der Waals surface area contributed by atoms with Gasteiger partial charge < -0.3 is 10.3 Å². The van der Waals surface area contributed by atoms with Crippen molar-refractivity contribution in [2.75, 3.05) is 6.54 Å². The minimum atomic E-state index is -3.39. The Balaban J connectivity index is 2.09. The predicted octanol–water partition coefficient (Wildman–Crippen LogP) is 1.44. The fourth-order valence-electron chi connectivity index (χ4n) is 2.30. The summed E-state index contributed by atoms with van der Waals surface area (Å²) in [6, 6.07) is 1.68. The van der Waals surface area contributed by atoms with Crippen LogP contribution >= 0.6 is 0 Å². The van der Waals surface area contributed by atoms with Gasteiger partial charge in [0, 0.05) is 31.5 Å². The van der Waals surface area contributed by atoms with E-state index in [1.54, 1.807) is 12.3 Å². The summed E-state index contributed by atoms with van der Waals surface area (Å²) >= 11 is 0. The van der Waals surface area contributed by atoms with Crippen LogP contribution in [0.4, 0.5) is 0 Å². The van der Waals surface area contributed by atoms with Crippen molar-refractivity contribution in [2.24, 2.45) is 11.7 Å². The van der Waals surface area contributed by atoms with Crippen molar-refractivity contribution in [3.8, 4) is 0 Å². The average molecular weight is 285 g/mol. The molecule has 3 N–H and O–H groups in total. The number of nitrogens with two attached hydrogens (primary N) is 1. The van der Waals surface area contributed by atoms with Gasteiger partial charge in [-0.25, -0.2) is 13.1 Å². The molecule has 5 nitrogen and oxygen atoms in total. The van der Waals surface area contributed by atoms with Gasteiger partial charge in [0.2, 0.25) is 10.0 Å². The van der Waals surface area contributed by atoms with E-state index in [2.05, 4.69) is 11.6 Å². The third-order valence-electron chi connectivity index (χ3n) is 3.73. The van der Waals surface area contributed by atoms with Gasteiger partial charge in [0.25, 0.3) is 0 Å². The molecule has 1 fully saturated rings. The first-order valence-electron chi connectivity index (χ1n) is 6.95. The molecule has 0 aromatic carbocycles. The van der Waals surface area contributed by atoms with Crippen LogP contribution in [0.1, 0.15) is 38.3 Å². The molecule has 6 heteroatoms. The molecule has 0 atom stereocenters. The molecule has 0 spiro atoms. The lowest BCUT2D eigenvalue weighted by Gasteiger charge is -2.25. The van der Waals surface area contributed by atoms with Crippen molar-refractivity contribution in [1.29, 1.82) is 0 Å². The van der Waals surface area contributed by atoms with Crippen LogP contribution < -0.4 is 10.5 Å². The number of aryl methyl sites for hydroxylation is 1. The van der Waals surface area contributed by atoms with Gasteiger partial charge in [0.15, 0.2) is 0 Å². The number of hydrogen-bond acceptors (Lipinski definition) is 3. The monoisotopic (exact) mass is 285 g/mol. The third-order valence-corrected chi connectivity index (χ3v) is 5.12. The molecule has 0 bridgehead atoms. The minimum absolute atomic E-state index is 0.334. The van der Waals surface area contributed by atoms with Gasteiger partial charge in [-0.1, -0.05) is 13.3 Å². The van der Waals surface area contributed by atoms with E-state index >= 15 is 0 Å². The number of aromatic nitrogens is 1. The number of sulfonamides is 1. The van der Waals surface area contributed by atoms with Crippen molar-refractivity contribution in [2.45, 2.75) is 50.6 Å². The van der Waals surface area contributed by atoms with E-state index in [4.69, 9.17) is 5.73 Å². The fraction of sp³-hybridized carbons (Fsp3) is 0.692. The van der Waals surface area contributed by atoms with E-state index in [-0.39, 0.29) is 0 Å². The van der Waals surface area contributed by atoms with Gasteiger partial charge in [-0.2, -0.15) is 0 Å². The van der Waals surface area contributed by atoms with Crippen molar-refractivity contribution < 1.29 is 8.42 Å². The SMILES string of the molecule is CCCn1cc(S(=O)(=O)NCC2CCC2)cc1CN. The zero-order valence-corrected chi connectivity index (χ0v) is 12.2. The molecule has 1 aromatic heterocycles. The first-order valence-corrected chi connectivity index (χ1v) is 8.44. The average Bonchev–Trinajstić information content (AvgIpc) is 2.71. The summed E-state index contributed by atoms with van der Waals surface area (Å²) in [5.74, 6) is 0.515. The maximum absolute atomic E-state index is 12.2. The van der Waals surface area contributed by atoms with E-state index in [9.17, 15) is 8.42 Å². The molecule has 1 aliphatic carbocycles. The number of nitrogens with zero attached hydrogens (tertiary/aromatic N) is 1. The maximum atomic E-state index is 12.2. The highest BCUT2D eigenvalue weighted by Gasteiger charge is 2.22. The van der Waals surface area contributed by atoms with Crippen LogP contribution in [-0.2, 0) is 23.1 Å². The molecule has 2 rings (SSSR count). The van der Waals surface area contributed by atoms with Crippen LogP contribution in [0.2, 0.25) is 0 Å². The largest absolute Gasteiger partial charge is 0.349 e. The molecule has 1 heterocycles. The fourth-order valence-corrected chi connectivity index (χ4v) is 3.48. The first kappa shape index (κ1) is 14.6. The number of nitrogens with one attached hydrogen (secondary N) is 1. The van der Waals surface area contributed by atoms with Crippen LogP contribution in [-0.4, -0.2) is 19.5 Å². The summed E-state index contributed by atoms with van der Waals surface area (Å²) in [6.07, 6.45) is 6.13. The number of rotatable bonds is 7. The second-order valence-corrected chi connectivity index (χ2v) is 6.98. The second-order valence-electron chi connectivity index (χ2n) is 5.21. The number of hydrogen-bond donors (Lipinski definition) is 2. The Kier molecular flexibility index (Phi) is 4.65. The maximum Gasteiger partial charge on any atom is 0.242 e. The highest BCUT2D eigenvalue weighted by molar-refractivity contribution is 7.89. The van der Waals surface area contributed by atoms with E-state index in [0.717, 1.165) is 31.5 Å². The smallest absolute Gasteiger partial charge is 0.242 e. The molecule has 1 aromatic rings. The van der Waals surface area contributed by atoms with Crippen molar-refractivity contribution in [1.82, 2.24) is 9.29 Å². The Morgan fingerprint density at radius 3 is 2.74 bits per heavy atom. The summed E-state index contributed by atoms with van der Waals surface area (Å²) in [5.41, 5.74) is 6.52. The molecule has 1 aliphatic rings. The van der Waals surface area contributed by atoms with Gasteiger partial charge in [0.05, 0.1) is 4.90 Å². The lowest BCUT2D eigenvalue weighted by molar-refractivity contribution is 0.316. The quantitative estimate of drug-likeness (QED) is 0.795. The summed E-state index contributed by atoms with van der Waals surface area (Å²) in [4.78, 5) is 0.334. The van der Waals surface area contributed by atoms with E-state index in [1.165, 1.54) is 6.42 Å². The van der Waals surface area contributed by atoms with E-state index < -0.39 is 10.0 Å². The van der Waals surface area contributed by atoms with Crippen molar-refractivity contribution in [3.05, 3.63) is 18.0 Å². The summed E-state index contributed by atoms with van der Waals surface area (Å²) < 4.78 is 29.0. The highest BCUT2D eigenvalue weighted by atomic mass is 32.2. The third kappa shape index (κ3) is 3.38. The van der Waals surface area contributed by atoms with Gasteiger partial charge in [-0.3, -0.25) is 0 Å². The van der Waals surface area contributed by atoms with Crippen LogP contribution in [0.25, 0.3) is 0 Å². The first-order chi connectivity index (χ1) is 9.06. The Hall–Kier alpha value is -0.850. The highest BCUT2D eigenvalue weighted by Crippen LogP contribution is 2.26. The predicted molar refractivity (Wildman–Crippen MR) is 75.1 cm³/mol. The standard InChI is InChI=1S/C13H23N3O2S/c1-2-6-16-10-13(7-12(16)8-14)19(17,18)15-9-11-4-3-5-11/h7,10-11,15H,2-6,8-9,14H2,1H3. The van der Waals surface area contributed by atoms with Crippen molar-refractivity contribution >= 4 is 10.0 Å². The topological polar surface area (TPSA) is 77.1 Å². The van der Waals surface area contributed by atoms with Gasteiger partial charge >= 0.3 is 0 Å². The second kappa shape index (κ2) is 6.07. The Bertz CT molecular complexity index is 518. The molecule has 108 valence electrons. The molecule has 0 amide bonds. The van der Waals surface area contributed by atoms with Crippen LogP contribution in [0.15, 0.2) is 17.2 Å². The summed E-state index contributed by atoms with van der Waals surface area (Å²) in [5, 5.41) is 0. The van der Waals surface area contributed by atoms with Gasteiger partial charge in [-0.05, 0) is 31.2 Å². The normalized spacial score (nSPS) is 16.5. The van der Waals surface area contributed by atoms with Gasteiger partial charge in [0.1, 0.15) is 0 Å². The molecule has 0 aliphatic heterocycles. The molecular formula is C13H23N3O2S. The van der Waals surface area contributed by atoms with Crippen molar-refractivity contribution in [3.63, 3.8) is 0 Å². The molecule has 19 heavy (non-hydrogen) atoms. The van der Waals surface area contributed by atoms with E-state index in [0.29, 0.717) is 23.9 Å². The van der Waals surface area contributed by atoms with Crippen LogP contribution in [0.5, 0.6) is 0 Å². The molecule has 1 saturated carbocycles. The molecular weight excluding hydrogens is 262 g/mol. The lowest BCUT2D eigenvalue weighted by atomic mass is 9.86. The minimum Gasteiger partial charge on any atom is -0.349 e. The summed E-state index contributed by atoms with van der Waals surface area (Å²) in [6.45, 7) is 3.77. The van der Waals surface area contributed by atoms with Gasteiger partial charge in [-0.15, -0.1) is 0 Å². The zero-order chi connectivity index (χ0) is 13.9. The van der Waals surface area contributed by atoms with Crippen LogP contribution in [0.3, 0.4) is 0 Å². The lowest BCUT2D eigenvalue weighted by Crippen LogP contribution is -2.32. The van der Waals surface area contributed by atoms with Crippen LogP contribution in [0, 0.1) is 5.92 Å². The Morgan fingerprint density at radius 1 is 1.47 bits per heavy atom. The zero-order valence-electron chi connectivity index (χ0n) is 11.4. The Morgan fingerprint density at radius 2 is 2.21 bits per heavy atom. The molecule has 0 unspecified atom stereocenters. The molecule has 0 radical (unpaired) electrons.